The van der Waals surface area contributed by atoms with E-state index in [2.05, 4.69) is 49.0 Å². The van der Waals surface area contributed by atoms with Crippen LogP contribution in [0.2, 0.25) is 0 Å². The number of ether oxygens (including phenoxy) is 1. The number of fused-ring (bicyclic) bond motifs is 1. The molecule has 1 nitrogen and oxygen atoms in total. The zero-order valence-corrected chi connectivity index (χ0v) is 8.65. The lowest BCUT2D eigenvalue weighted by atomic mass is 10.0. The molecule has 0 radical (unpaired) electrons. The summed E-state index contributed by atoms with van der Waals surface area (Å²) in [5.41, 5.74) is 1.33. The third-order valence-electron chi connectivity index (χ3n) is 2.49. The number of rotatable bonds is 4. The van der Waals surface area contributed by atoms with Gasteiger partial charge in [-0.05, 0) is 16.3 Å². The van der Waals surface area contributed by atoms with E-state index in [9.17, 15) is 0 Å². The summed E-state index contributed by atoms with van der Waals surface area (Å²) >= 11 is 0. The second-order valence-corrected chi connectivity index (χ2v) is 3.43. The van der Waals surface area contributed by atoms with Crippen LogP contribution in [0.1, 0.15) is 5.56 Å². The van der Waals surface area contributed by atoms with Gasteiger partial charge in [0.15, 0.2) is 0 Å². The molecule has 1 heteroatoms. The van der Waals surface area contributed by atoms with E-state index in [0.717, 1.165) is 6.42 Å². The van der Waals surface area contributed by atoms with E-state index < -0.39 is 0 Å². The fourth-order valence-corrected chi connectivity index (χ4v) is 1.76. The van der Waals surface area contributed by atoms with Crippen LogP contribution in [0.25, 0.3) is 10.8 Å². The standard InChI is InChI=1S/C14H14O/c1-2-15-11-10-13-8-5-7-12-6-3-4-9-14(12)13/h2-9H,1,10-11H2. The van der Waals surface area contributed by atoms with Crippen LogP contribution in [0.3, 0.4) is 0 Å². The van der Waals surface area contributed by atoms with Gasteiger partial charge in [-0.2, -0.15) is 0 Å². The first-order valence-electron chi connectivity index (χ1n) is 5.11. The highest BCUT2D eigenvalue weighted by Gasteiger charge is 1.99. The van der Waals surface area contributed by atoms with Crippen LogP contribution in [0, 0.1) is 0 Å². The van der Waals surface area contributed by atoms with Gasteiger partial charge in [0.2, 0.25) is 0 Å². The van der Waals surface area contributed by atoms with Crippen LogP contribution in [0.5, 0.6) is 0 Å². The Morgan fingerprint density at radius 2 is 1.87 bits per heavy atom. The third-order valence-corrected chi connectivity index (χ3v) is 2.49. The van der Waals surface area contributed by atoms with Gasteiger partial charge in [0, 0.05) is 6.42 Å². The summed E-state index contributed by atoms with van der Waals surface area (Å²) in [4.78, 5) is 0. The van der Waals surface area contributed by atoms with E-state index in [1.54, 1.807) is 0 Å². The predicted molar refractivity (Wildman–Crippen MR) is 63.8 cm³/mol. The van der Waals surface area contributed by atoms with Crippen LogP contribution in [-0.2, 0) is 11.2 Å². The molecule has 0 bridgehead atoms. The van der Waals surface area contributed by atoms with Crippen molar-refractivity contribution >= 4 is 10.8 Å². The number of hydrogen-bond donors (Lipinski definition) is 0. The summed E-state index contributed by atoms with van der Waals surface area (Å²) in [6.45, 7) is 4.22. The normalized spacial score (nSPS) is 10.1. The van der Waals surface area contributed by atoms with Gasteiger partial charge in [-0.1, -0.05) is 49.0 Å². The molecule has 0 atom stereocenters. The van der Waals surface area contributed by atoms with Gasteiger partial charge in [-0.3, -0.25) is 0 Å². The van der Waals surface area contributed by atoms with Gasteiger partial charge in [-0.25, -0.2) is 0 Å². The first-order chi connectivity index (χ1) is 7.42. The Labute approximate surface area is 90.0 Å². The fraction of sp³-hybridized carbons (Fsp3) is 0.143. The third kappa shape index (κ3) is 2.18. The maximum Gasteiger partial charge on any atom is 0.0913 e. The van der Waals surface area contributed by atoms with E-state index in [4.69, 9.17) is 4.74 Å². The molecule has 76 valence electrons. The summed E-state index contributed by atoms with van der Waals surface area (Å²) in [7, 11) is 0. The van der Waals surface area contributed by atoms with Crippen LogP contribution < -0.4 is 0 Å². The van der Waals surface area contributed by atoms with E-state index in [-0.39, 0.29) is 0 Å². The molecule has 0 aromatic heterocycles. The Bertz CT molecular complexity index is 454. The highest BCUT2D eigenvalue weighted by atomic mass is 16.5. The van der Waals surface area contributed by atoms with Crippen molar-refractivity contribution in [2.45, 2.75) is 6.42 Å². The molecular weight excluding hydrogens is 184 g/mol. The van der Waals surface area contributed by atoms with Gasteiger partial charge >= 0.3 is 0 Å². The minimum Gasteiger partial charge on any atom is -0.501 e. The van der Waals surface area contributed by atoms with Crippen molar-refractivity contribution in [3.05, 3.63) is 60.9 Å². The molecule has 0 saturated heterocycles. The molecule has 2 aromatic carbocycles. The first-order valence-corrected chi connectivity index (χ1v) is 5.11. The average molecular weight is 198 g/mol. The number of hydrogen-bond acceptors (Lipinski definition) is 1. The van der Waals surface area contributed by atoms with Crippen LogP contribution in [0.15, 0.2) is 55.3 Å². The van der Waals surface area contributed by atoms with Crippen molar-refractivity contribution in [2.24, 2.45) is 0 Å². The molecular formula is C14H14O. The van der Waals surface area contributed by atoms with Crippen LogP contribution in [0.4, 0.5) is 0 Å². The molecule has 0 heterocycles. The monoisotopic (exact) mass is 198 g/mol. The van der Waals surface area contributed by atoms with E-state index in [1.807, 2.05) is 0 Å². The van der Waals surface area contributed by atoms with Crippen LogP contribution in [-0.4, -0.2) is 6.61 Å². The maximum atomic E-state index is 5.15. The second kappa shape index (κ2) is 4.65. The Hall–Kier alpha value is -1.76. The lowest BCUT2D eigenvalue weighted by Gasteiger charge is -2.05. The Kier molecular flexibility index (Phi) is 3.03. The highest BCUT2D eigenvalue weighted by molar-refractivity contribution is 5.85. The average Bonchev–Trinajstić information content (AvgIpc) is 2.30. The summed E-state index contributed by atoms with van der Waals surface area (Å²) in [5.74, 6) is 0. The van der Waals surface area contributed by atoms with Gasteiger partial charge in [0.05, 0.1) is 12.9 Å². The Balaban J connectivity index is 2.30. The molecule has 2 rings (SSSR count). The molecule has 0 amide bonds. The van der Waals surface area contributed by atoms with Crippen LogP contribution >= 0.6 is 0 Å². The molecule has 0 spiro atoms. The Morgan fingerprint density at radius 1 is 1.07 bits per heavy atom. The van der Waals surface area contributed by atoms with Crippen molar-refractivity contribution < 1.29 is 4.74 Å². The largest absolute Gasteiger partial charge is 0.501 e. The molecule has 0 N–H and O–H groups in total. The predicted octanol–water partition coefficient (Wildman–Crippen LogP) is 3.54. The highest BCUT2D eigenvalue weighted by Crippen LogP contribution is 2.18. The molecule has 0 unspecified atom stereocenters. The van der Waals surface area contributed by atoms with E-state index >= 15 is 0 Å². The molecule has 0 aliphatic heterocycles. The lowest BCUT2D eigenvalue weighted by molar-refractivity contribution is 0.255. The molecule has 15 heavy (non-hydrogen) atoms. The number of benzene rings is 2. The van der Waals surface area contributed by atoms with Gasteiger partial charge in [0.25, 0.3) is 0 Å². The summed E-state index contributed by atoms with van der Waals surface area (Å²) in [5, 5.41) is 2.60. The molecule has 0 aliphatic carbocycles. The first kappa shape index (κ1) is 9.78. The van der Waals surface area contributed by atoms with Gasteiger partial charge in [0.1, 0.15) is 0 Å². The van der Waals surface area contributed by atoms with Gasteiger partial charge < -0.3 is 4.74 Å². The molecule has 0 aliphatic rings. The SMILES string of the molecule is C=COCCc1cccc2ccccc12. The minimum atomic E-state index is 0.692. The summed E-state index contributed by atoms with van der Waals surface area (Å²) in [6.07, 6.45) is 2.42. The lowest BCUT2D eigenvalue weighted by Crippen LogP contribution is -1.94. The fourth-order valence-electron chi connectivity index (χ4n) is 1.76. The molecule has 0 fully saturated rings. The van der Waals surface area contributed by atoms with E-state index in [1.165, 1.54) is 22.6 Å². The smallest absolute Gasteiger partial charge is 0.0913 e. The second-order valence-electron chi connectivity index (χ2n) is 3.43. The van der Waals surface area contributed by atoms with Crippen molar-refractivity contribution in [2.75, 3.05) is 6.61 Å². The van der Waals surface area contributed by atoms with Crippen molar-refractivity contribution in [1.29, 1.82) is 0 Å². The van der Waals surface area contributed by atoms with Crippen molar-refractivity contribution in [3.63, 3.8) is 0 Å². The van der Waals surface area contributed by atoms with E-state index in [0.29, 0.717) is 6.61 Å². The zero-order valence-electron chi connectivity index (χ0n) is 8.65. The summed E-state index contributed by atoms with van der Waals surface area (Å²) in [6, 6.07) is 14.8. The topological polar surface area (TPSA) is 9.23 Å². The molecule has 0 saturated carbocycles. The maximum absolute atomic E-state index is 5.15. The summed E-state index contributed by atoms with van der Waals surface area (Å²) < 4.78 is 5.15. The minimum absolute atomic E-state index is 0.692. The quantitative estimate of drug-likeness (QED) is 0.539. The Morgan fingerprint density at radius 3 is 2.73 bits per heavy atom. The van der Waals surface area contributed by atoms with Gasteiger partial charge in [-0.15, -0.1) is 0 Å². The molecule has 2 aromatic rings. The van der Waals surface area contributed by atoms with Crippen molar-refractivity contribution in [3.8, 4) is 0 Å². The zero-order chi connectivity index (χ0) is 10.5. The van der Waals surface area contributed by atoms with Crippen molar-refractivity contribution in [1.82, 2.24) is 0 Å².